The van der Waals surface area contributed by atoms with Crippen LogP contribution in [0.1, 0.15) is 48.5 Å². The second-order valence-corrected chi connectivity index (χ2v) is 7.66. The van der Waals surface area contributed by atoms with Crippen LogP contribution in [0.5, 0.6) is 0 Å². The minimum absolute atomic E-state index is 0. The van der Waals surface area contributed by atoms with Crippen molar-refractivity contribution in [3.05, 3.63) is 35.4 Å². The summed E-state index contributed by atoms with van der Waals surface area (Å²) in [7, 11) is 3.42. The summed E-state index contributed by atoms with van der Waals surface area (Å²) in [5.74, 6) is -0.753. The highest BCUT2D eigenvalue weighted by Crippen LogP contribution is 2.37. The molecule has 1 aromatic rings. The zero-order chi connectivity index (χ0) is 21.4. The Balaban J connectivity index is 0.00000450. The molecule has 2 atom stereocenters. The number of rotatable bonds is 6. The zero-order valence-corrected chi connectivity index (χ0v) is 20.1. The van der Waals surface area contributed by atoms with Crippen LogP contribution in [0.2, 0.25) is 0 Å². The van der Waals surface area contributed by atoms with E-state index < -0.39 is 12.1 Å². The van der Waals surface area contributed by atoms with Crippen LogP contribution in [0.4, 0.5) is 13.2 Å². The molecule has 2 N–H and O–H groups in total. The summed E-state index contributed by atoms with van der Waals surface area (Å²) in [5, 5.41) is 6.28. The Morgan fingerprint density at radius 3 is 2.63 bits per heavy atom. The minimum Gasteiger partial charge on any atom is -0.357 e. The zero-order valence-electron chi connectivity index (χ0n) is 17.8. The SMILES string of the molecule is CCNC(=NCCc1cccc(C(=O)N(C)C)c1)NC1CCCC(C(F)(F)F)C1.I. The summed E-state index contributed by atoms with van der Waals surface area (Å²) < 4.78 is 39.1. The molecule has 1 saturated carbocycles. The first-order valence-corrected chi connectivity index (χ1v) is 10.1. The lowest BCUT2D eigenvalue weighted by atomic mass is 9.85. The first-order chi connectivity index (χ1) is 13.7. The number of amides is 1. The Morgan fingerprint density at radius 1 is 1.27 bits per heavy atom. The fourth-order valence-electron chi connectivity index (χ4n) is 3.55. The largest absolute Gasteiger partial charge is 0.391 e. The van der Waals surface area contributed by atoms with Gasteiger partial charge in [-0.15, -0.1) is 24.0 Å². The number of benzene rings is 1. The quantitative estimate of drug-likeness (QED) is 0.323. The standard InChI is InChI=1S/C21H31F3N4O.HI/c1-4-25-20(27-18-10-6-9-17(14-18)21(22,23)24)26-12-11-15-7-5-8-16(13-15)19(29)28(2)3;/h5,7-8,13,17-18H,4,6,9-12,14H2,1-3H3,(H2,25,26,27);1H. The van der Waals surface area contributed by atoms with Crippen molar-refractivity contribution in [2.75, 3.05) is 27.2 Å². The van der Waals surface area contributed by atoms with Gasteiger partial charge in [0.15, 0.2) is 5.96 Å². The van der Waals surface area contributed by atoms with Crippen LogP contribution in [0.15, 0.2) is 29.3 Å². The highest BCUT2D eigenvalue weighted by Gasteiger charge is 2.42. The molecule has 0 spiro atoms. The maximum atomic E-state index is 13.0. The van der Waals surface area contributed by atoms with Gasteiger partial charge in [-0.3, -0.25) is 9.79 Å². The van der Waals surface area contributed by atoms with Crippen molar-refractivity contribution in [1.82, 2.24) is 15.5 Å². The average molecular weight is 540 g/mol. The van der Waals surface area contributed by atoms with Crippen LogP contribution < -0.4 is 10.6 Å². The summed E-state index contributed by atoms with van der Waals surface area (Å²) in [5.41, 5.74) is 1.62. The summed E-state index contributed by atoms with van der Waals surface area (Å²) in [6, 6.07) is 7.19. The van der Waals surface area contributed by atoms with Gasteiger partial charge in [-0.1, -0.05) is 18.6 Å². The molecular weight excluding hydrogens is 508 g/mol. The highest BCUT2D eigenvalue weighted by atomic mass is 127. The van der Waals surface area contributed by atoms with Crippen molar-refractivity contribution in [1.29, 1.82) is 0 Å². The van der Waals surface area contributed by atoms with Crippen LogP contribution in [0, 0.1) is 5.92 Å². The molecule has 1 aliphatic rings. The van der Waals surface area contributed by atoms with Crippen molar-refractivity contribution in [3.8, 4) is 0 Å². The topological polar surface area (TPSA) is 56.7 Å². The van der Waals surface area contributed by atoms with Gasteiger partial charge in [0, 0.05) is 38.8 Å². The number of nitrogens with one attached hydrogen (secondary N) is 2. The third-order valence-electron chi connectivity index (χ3n) is 5.07. The van der Waals surface area contributed by atoms with E-state index in [1.54, 1.807) is 20.2 Å². The molecule has 0 radical (unpaired) electrons. The van der Waals surface area contributed by atoms with E-state index in [4.69, 9.17) is 0 Å². The molecular formula is C21H32F3IN4O. The number of alkyl halides is 3. The van der Waals surface area contributed by atoms with Crippen molar-refractivity contribution < 1.29 is 18.0 Å². The number of aliphatic imine (C=N–C) groups is 1. The molecule has 170 valence electrons. The van der Waals surface area contributed by atoms with Crippen molar-refractivity contribution in [2.45, 2.75) is 51.2 Å². The maximum Gasteiger partial charge on any atom is 0.391 e. The first kappa shape index (κ1) is 26.5. The van der Waals surface area contributed by atoms with E-state index in [0.717, 1.165) is 5.56 Å². The Kier molecular flexibility index (Phi) is 10.9. The molecule has 1 fully saturated rings. The average Bonchev–Trinajstić information content (AvgIpc) is 2.67. The fraction of sp³-hybridized carbons (Fsp3) is 0.619. The molecule has 1 amide bonds. The van der Waals surface area contributed by atoms with Crippen LogP contribution in [0.25, 0.3) is 0 Å². The molecule has 0 saturated heterocycles. The number of carbonyl (C=O) groups is 1. The van der Waals surface area contributed by atoms with Crippen LogP contribution >= 0.6 is 24.0 Å². The lowest BCUT2D eigenvalue weighted by Gasteiger charge is -2.31. The minimum atomic E-state index is -4.13. The molecule has 2 rings (SSSR count). The molecule has 30 heavy (non-hydrogen) atoms. The Hall–Kier alpha value is -1.52. The molecule has 5 nitrogen and oxygen atoms in total. The summed E-state index contributed by atoms with van der Waals surface area (Å²) in [6.45, 7) is 3.03. The van der Waals surface area contributed by atoms with E-state index in [2.05, 4.69) is 15.6 Å². The van der Waals surface area contributed by atoms with Crippen LogP contribution in [-0.2, 0) is 6.42 Å². The predicted molar refractivity (Wildman–Crippen MR) is 124 cm³/mol. The van der Waals surface area contributed by atoms with Crippen LogP contribution in [0.3, 0.4) is 0 Å². The lowest BCUT2D eigenvalue weighted by Crippen LogP contribution is -2.46. The fourth-order valence-corrected chi connectivity index (χ4v) is 3.55. The van der Waals surface area contributed by atoms with Gasteiger partial charge in [-0.05, 0) is 50.3 Å². The van der Waals surface area contributed by atoms with E-state index in [1.807, 2.05) is 25.1 Å². The van der Waals surface area contributed by atoms with E-state index in [-0.39, 0.29) is 48.8 Å². The molecule has 0 aliphatic heterocycles. The van der Waals surface area contributed by atoms with E-state index >= 15 is 0 Å². The maximum absolute atomic E-state index is 13.0. The third-order valence-corrected chi connectivity index (χ3v) is 5.07. The van der Waals surface area contributed by atoms with Crippen molar-refractivity contribution >= 4 is 35.8 Å². The summed E-state index contributed by atoms with van der Waals surface area (Å²) >= 11 is 0. The van der Waals surface area contributed by atoms with E-state index in [0.29, 0.717) is 43.9 Å². The second-order valence-electron chi connectivity index (χ2n) is 7.66. The number of guanidine groups is 1. The molecule has 9 heteroatoms. The summed E-state index contributed by atoms with van der Waals surface area (Å²) in [6.07, 6.45) is -1.93. The monoisotopic (exact) mass is 540 g/mol. The van der Waals surface area contributed by atoms with Gasteiger partial charge >= 0.3 is 6.18 Å². The van der Waals surface area contributed by atoms with Gasteiger partial charge in [0.1, 0.15) is 0 Å². The van der Waals surface area contributed by atoms with E-state index in [1.165, 1.54) is 4.90 Å². The number of nitrogens with zero attached hydrogens (tertiary/aromatic N) is 2. The van der Waals surface area contributed by atoms with Gasteiger partial charge < -0.3 is 15.5 Å². The molecule has 1 aromatic carbocycles. The Labute approximate surface area is 193 Å². The summed E-state index contributed by atoms with van der Waals surface area (Å²) in [4.78, 5) is 18.1. The highest BCUT2D eigenvalue weighted by molar-refractivity contribution is 14.0. The lowest BCUT2D eigenvalue weighted by molar-refractivity contribution is -0.183. The molecule has 1 aliphatic carbocycles. The normalized spacial score (nSPS) is 19.6. The number of halogens is 4. The van der Waals surface area contributed by atoms with Crippen molar-refractivity contribution in [2.24, 2.45) is 10.9 Å². The number of hydrogen-bond acceptors (Lipinski definition) is 2. The number of hydrogen-bond donors (Lipinski definition) is 2. The van der Waals surface area contributed by atoms with Crippen LogP contribution in [-0.4, -0.2) is 56.2 Å². The first-order valence-electron chi connectivity index (χ1n) is 10.1. The molecule has 2 unspecified atom stereocenters. The van der Waals surface area contributed by atoms with E-state index in [9.17, 15) is 18.0 Å². The Bertz CT molecular complexity index is 710. The smallest absolute Gasteiger partial charge is 0.357 e. The molecule has 0 bridgehead atoms. The van der Waals surface area contributed by atoms with Gasteiger partial charge in [0.2, 0.25) is 0 Å². The molecule has 0 heterocycles. The van der Waals surface area contributed by atoms with Gasteiger partial charge in [-0.25, -0.2) is 0 Å². The van der Waals surface area contributed by atoms with Crippen molar-refractivity contribution in [3.63, 3.8) is 0 Å². The second kappa shape index (κ2) is 12.4. The third kappa shape index (κ3) is 8.31. The number of carbonyl (C=O) groups excluding carboxylic acids is 1. The van der Waals surface area contributed by atoms with Gasteiger partial charge in [0.25, 0.3) is 5.91 Å². The van der Waals surface area contributed by atoms with Gasteiger partial charge in [0.05, 0.1) is 5.92 Å². The predicted octanol–water partition coefficient (Wildman–Crippen LogP) is 4.23. The molecule has 0 aromatic heterocycles. The Morgan fingerprint density at radius 2 is 2.00 bits per heavy atom. The van der Waals surface area contributed by atoms with Gasteiger partial charge in [-0.2, -0.15) is 13.2 Å².